The SMILES string of the molecule is CC(CCSc1ccccc1Br)(NC1CC1)C(=O)O. The summed E-state index contributed by atoms with van der Waals surface area (Å²) >= 11 is 5.19. The van der Waals surface area contributed by atoms with E-state index in [0.29, 0.717) is 12.5 Å². The van der Waals surface area contributed by atoms with Crippen LogP contribution in [0.5, 0.6) is 0 Å². The predicted molar refractivity (Wildman–Crippen MR) is 81.7 cm³/mol. The van der Waals surface area contributed by atoms with Gasteiger partial charge in [0.2, 0.25) is 0 Å². The summed E-state index contributed by atoms with van der Waals surface area (Å²) in [6.45, 7) is 1.79. The lowest BCUT2D eigenvalue weighted by molar-refractivity contribution is -0.144. The molecule has 0 aromatic heterocycles. The van der Waals surface area contributed by atoms with Crippen molar-refractivity contribution in [3.8, 4) is 0 Å². The van der Waals surface area contributed by atoms with Crippen LogP contribution < -0.4 is 5.32 Å². The summed E-state index contributed by atoms with van der Waals surface area (Å²) in [5.41, 5.74) is -0.810. The summed E-state index contributed by atoms with van der Waals surface area (Å²) in [6, 6.07) is 8.41. The van der Waals surface area contributed by atoms with Crippen molar-refractivity contribution >= 4 is 33.7 Å². The van der Waals surface area contributed by atoms with Crippen LogP contribution >= 0.6 is 27.7 Å². The lowest BCUT2D eigenvalue weighted by Crippen LogP contribution is -2.50. The molecule has 1 saturated carbocycles. The Kier molecular flexibility index (Phi) is 4.92. The summed E-state index contributed by atoms with van der Waals surface area (Å²) in [6.07, 6.45) is 2.81. The second kappa shape index (κ2) is 6.29. The quantitative estimate of drug-likeness (QED) is 0.743. The van der Waals surface area contributed by atoms with E-state index < -0.39 is 11.5 Å². The highest BCUT2D eigenvalue weighted by Crippen LogP contribution is 2.30. The molecule has 2 rings (SSSR count). The molecule has 5 heteroatoms. The molecular formula is C14H18BrNO2S. The van der Waals surface area contributed by atoms with Gasteiger partial charge in [-0.15, -0.1) is 11.8 Å². The molecule has 0 amide bonds. The van der Waals surface area contributed by atoms with Gasteiger partial charge in [-0.05, 0) is 54.2 Å². The van der Waals surface area contributed by atoms with Crippen molar-refractivity contribution in [1.29, 1.82) is 0 Å². The Morgan fingerprint density at radius 1 is 1.53 bits per heavy atom. The summed E-state index contributed by atoms with van der Waals surface area (Å²) in [5.74, 6) is 0.0256. The number of aliphatic carboxylic acids is 1. The predicted octanol–water partition coefficient (Wildman–Crippen LogP) is 3.53. The number of hydrogen-bond acceptors (Lipinski definition) is 3. The maximum atomic E-state index is 11.4. The second-order valence-electron chi connectivity index (χ2n) is 5.08. The molecule has 0 saturated heterocycles. The molecule has 1 aliphatic carbocycles. The fraction of sp³-hybridized carbons (Fsp3) is 0.500. The summed E-state index contributed by atoms with van der Waals surface area (Å²) in [5, 5.41) is 12.6. The molecule has 0 spiro atoms. The largest absolute Gasteiger partial charge is 0.480 e. The Hall–Kier alpha value is -0.520. The monoisotopic (exact) mass is 343 g/mol. The first-order valence-corrected chi connectivity index (χ1v) is 8.17. The lowest BCUT2D eigenvalue weighted by Gasteiger charge is -2.26. The molecule has 0 heterocycles. The van der Waals surface area contributed by atoms with Gasteiger partial charge in [-0.25, -0.2) is 0 Å². The molecule has 1 atom stereocenters. The van der Waals surface area contributed by atoms with Crippen molar-refractivity contribution in [2.75, 3.05) is 5.75 Å². The van der Waals surface area contributed by atoms with Crippen molar-refractivity contribution in [2.24, 2.45) is 0 Å². The number of carbonyl (C=O) groups is 1. The van der Waals surface area contributed by atoms with Gasteiger partial charge in [-0.1, -0.05) is 12.1 Å². The van der Waals surface area contributed by atoms with E-state index >= 15 is 0 Å². The molecule has 1 unspecified atom stereocenters. The van der Waals surface area contributed by atoms with Gasteiger partial charge in [0.05, 0.1) is 0 Å². The molecular weight excluding hydrogens is 326 g/mol. The van der Waals surface area contributed by atoms with E-state index in [9.17, 15) is 9.90 Å². The number of halogens is 1. The molecule has 104 valence electrons. The number of nitrogens with one attached hydrogen (secondary N) is 1. The van der Waals surface area contributed by atoms with Crippen molar-refractivity contribution in [3.63, 3.8) is 0 Å². The van der Waals surface area contributed by atoms with Gasteiger partial charge >= 0.3 is 5.97 Å². The van der Waals surface area contributed by atoms with E-state index in [1.165, 1.54) is 0 Å². The van der Waals surface area contributed by atoms with Crippen LogP contribution in [0.4, 0.5) is 0 Å². The van der Waals surface area contributed by atoms with E-state index in [0.717, 1.165) is 28.0 Å². The Balaban J connectivity index is 1.88. The van der Waals surface area contributed by atoms with E-state index in [1.807, 2.05) is 24.3 Å². The molecule has 0 radical (unpaired) electrons. The Morgan fingerprint density at radius 2 is 2.21 bits per heavy atom. The van der Waals surface area contributed by atoms with Crippen LogP contribution in [-0.4, -0.2) is 28.4 Å². The second-order valence-corrected chi connectivity index (χ2v) is 7.08. The van der Waals surface area contributed by atoms with Crippen LogP contribution in [0.25, 0.3) is 0 Å². The number of rotatable bonds is 7. The van der Waals surface area contributed by atoms with Gasteiger partial charge in [-0.3, -0.25) is 10.1 Å². The maximum absolute atomic E-state index is 11.4. The van der Waals surface area contributed by atoms with E-state index in [-0.39, 0.29) is 0 Å². The minimum atomic E-state index is -0.810. The average molecular weight is 344 g/mol. The zero-order valence-corrected chi connectivity index (χ0v) is 13.3. The number of thioether (sulfide) groups is 1. The molecule has 1 fully saturated rings. The fourth-order valence-electron chi connectivity index (χ4n) is 1.85. The summed E-state index contributed by atoms with van der Waals surface area (Å²) in [7, 11) is 0. The van der Waals surface area contributed by atoms with Gasteiger partial charge in [0, 0.05) is 21.2 Å². The van der Waals surface area contributed by atoms with Crippen LogP contribution in [0.1, 0.15) is 26.2 Å². The first-order valence-electron chi connectivity index (χ1n) is 6.40. The minimum Gasteiger partial charge on any atom is -0.480 e. The van der Waals surface area contributed by atoms with Gasteiger partial charge in [0.15, 0.2) is 0 Å². The highest BCUT2D eigenvalue weighted by Gasteiger charge is 2.37. The topological polar surface area (TPSA) is 49.3 Å². The first-order chi connectivity index (χ1) is 9.01. The molecule has 0 bridgehead atoms. The molecule has 2 N–H and O–H groups in total. The smallest absolute Gasteiger partial charge is 0.323 e. The number of hydrogen-bond donors (Lipinski definition) is 2. The molecule has 1 aromatic rings. The highest BCUT2D eigenvalue weighted by molar-refractivity contribution is 9.10. The van der Waals surface area contributed by atoms with E-state index in [4.69, 9.17) is 0 Å². The van der Waals surface area contributed by atoms with Crippen molar-refractivity contribution in [3.05, 3.63) is 28.7 Å². The molecule has 19 heavy (non-hydrogen) atoms. The van der Waals surface area contributed by atoms with Crippen molar-refractivity contribution < 1.29 is 9.90 Å². The Labute approximate surface area is 126 Å². The molecule has 3 nitrogen and oxygen atoms in total. The number of benzene rings is 1. The average Bonchev–Trinajstić information content (AvgIpc) is 3.15. The van der Waals surface area contributed by atoms with Gasteiger partial charge in [0.25, 0.3) is 0 Å². The Morgan fingerprint density at radius 3 is 2.79 bits per heavy atom. The molecule has 1 aromatic carbocycles. The minimum absolute atomic E-state index is 0.398. The van der Waals surface area contributed by atoms with Gasteiger partial charge in [0.1, 0.15) is 5.54 Å². The van der Waals surface area contributed by atoms with Crippen molar-refractivity contribution in [1.82, 2.24) is 5.32 Å². The van der Waals surface area contributed by atoms with Crippen LogP contribution in [0.3, 0.4) is 0 Å². The normalized spacial score (nSPS) is 18.0. The highest BCUT2D eigenvalue weighted by atomic mass is 79.9. The van der Waals surface area contributed by atoms with Gasteiger partial charge < -0.3 is 5.11 Å². The van der Waals surface area contributed by atoms with Gasteiger partial charge in [-0.2, -0.15) is 0 Å². The number of carboxylic acids is 1. The zero-order valence-electron chi connectivity index (χ0n) is 10.9. The standard InChI is InChI=1S/C14H18BrNO2S/c1-14(13(17)18,16-10-6-7-10)8-9-19-12-5-3-2-4-11(12)15/h2-5,10,16H,6-9H2,1H3,(H,17,18). The van der Waals surface area contributed by atoms with Crippen LogP contribution in [0.2, 0.25) is 0 Å². The van der Waals surface area contributed by atoms with E-state index in [2.05, 4.69) is 21.2 Å². The van der Waals surface area contributed by atoms with Crippen molar-refractivity contribution in [2.45, 2.75) is 42.7 Å². The third-order valence-corrected chi connectivity index (χ3v) is 5.30. The Bertz CT molecular complexity index is 465. The van der Waals surface area contributed by atoms with E-state index in [1.54, 1.807) is 18.7 Å². The molecule has 0 aliphatic heterocycles. The van der Waals surface area contributed by atoms with Crippen LogP contribution in [-0.2, 0) is 4.79 Å². The maximum Gasteiger partial charge on any atom is 0.323 e. The zero-order chi connectivity index (χ0) is 13.9. The fourth-order valence-corrected chi connectivity index (χ4v) is 3.59. The lowest BCUT2D eigenvalue weighted by atomic mass is 9.99. The van der Waals surface area contributed by atoms with Crippen LogP contribution in [0.15, 0.2) is 33.6 Å². The summed E-state index contributed by atoms with van der Waals surface area (Å²) in [4.78, 5) is 12.6. The summed E-state index contributed by atoms with van der Waals surface area (Å²) < 4.78 is 1.06. The molecule has 1 aliphatic rings. The third-order valence-electron chi connectivity index (χ3n) is 3.27. The van der Waals surface area contributed by atoms with Crippen LogP contribution in [0, 0.1) is 0 Å². The first kappa shape index (κ1) is 14.9. The third kappa shape index (κ3) is 4.23. The number of carboxylic acid groups (broad SMARTS) is 1.